The van der Waals surface area contributed by atoms with Crippen LogP contribution in [0.4, 0.5) is 4.39 Å². The molecule has 2 aromatic carbocycles. The van der Waals surface area contributed by atoms with E-state index in [1.54, 1.807) is 12.1 Å². The number of rotatable bonds is 6. The van der Waals surface area contributed by atoms with Crippen LogP contribution in [0.2, 0.25) is 0 Å². The van der Waals surface area contributed by atoms with Crippen LogP contribution in [0.5, 0.6) is 0 Å². The van der Waals surface area contributed by atoms with Gasteiger partial charge in [-0.2, -0.15) is 0 Å². The molecule has 4 rings (SSSR count). The van der Waals surface area contributed by atoms with Crippen molar-refractivity contribution < 1.29 is 9.50 Å². The second-order valence-electron chi connectivity index (χ2n) is 8.82. The van der Waals surface area contributed by atoms with Crippen molar-refractivity contribution in [1.29, 1.82) is 0 Å². The lowest BCUT2D eigenvalue weighted by atomic mass is 9.83. The van der Waals surface area contributed by atoms with Crippen molar-refractivity contribution in [3.63, 3.8) is 0 Å². The second-order valence-corrected chi connectivity index (χ2v) is 8.82. The van der Waals surface area contributed by atoms with Gasteiger partial charge in [0, 0.05) is 17.6 Å². The van der Waals surface area contributed by atoms with Crippen LogP contribution in [-0.4, -0.2) is 11.2 Å². The zero-order chi connectivity index (χ0) is 19.4. The van der Waals surface area contributed by atoms with Crippen molar-refractivity contribution in [3.05, 3.63) is 71.0 Å². The summed E-state index contributed by atoms with van der Waals surface area (Å²) in [6.07, 6.45) is 9.43. The quantitative estimate of drug-likeness (QED) is 0.694. The fraction of sp³-hybridized carbons (Fsp3) is 0.520. The molecule has 2 aliphatic carbocycles. The summed E-state index contributed by atoms with van der Waals surface area (Å²) in [6.45, 7) is 0.769. The van der Waals surface area contributed by atoms with Gasteiger partial charge in [-0.25, -0.2) is 4.39 Å². The van der Waals surface area contributed by atoms with E-state index in [1.807, 2.05) is 12.1 Å². The molecule has 0 aliphatic heterocycles. The molecular weight excluding hydrogens is 349 g/mol. The maximum Gasteiger partial charge on any atom is 0.128 e. The molecule has 0 aromatic heterocycles. The molecule has 2 N–H and O–H groups in total. The lowest BCUT2D eigenvalue weighted by Gasteiger charge is -2.32. The predicted molar refractivity (Wildman–Crippen MR) is 111 cm³/mol. The fourth-order valence-electron chi connectivity index (χ4n) is 5.19. The summed E-state index contributed by atoms with van der Waals surface area (Å²) >= 11 is 0. The van der Waals surface area contributed by atoms with Crippen LogP contribution < -0.4 is 5.32 Å². The molecule has 0 amide bonds. The largest absolute Gasteiger partial charge is 0.393 e. The molecule has 0 spiro atoms. The van der Waals surface area contributed by atoms with Crippen LogP contribution in [0.25, 0.3) is 0 Å². The topological polar surface area (TPSA) is 32.3 Å². The molecule has 150 valence electrons. The number of aliphatic hydroxyl groups is 1. The van der Waals surface area contributed by atoms with Gasteiger partial charge in [-0.15, -0.1) is 0 Å². The standard InChI is InChI=1S/C25H32FNO/c26-24-9-2-1-8-23(24)25(14-3-4-15-25)27-18-21-7-5-6-20(17-21)16-19-10-12-22(28)13-11-19/h1-2,5-9,17,19,22,27-28H,3-4,10-16,18H2. The van der Waals surface area contributed by atoms with Gasteiger partial charge < -0.3 is 10.4 Å². The van der Waals surface area contributed by atoms with E-state index in [4.69, 9.17) is 0 Å². The van der Waals surface area contributed by atoms with Crippen molar-refractivity contribution in [2.75, 3.05) is 0 Å². The number of halogens is 1. The van der Waals surface area contributed by atoms with Crippen LogP contribution >= 0.6 is 0 Å². The van der Waals surface area contributed by atoms with Gasteiger partial charge in [-0.3, -0.25) is 0 Å². The molecule has 0 bridgehead atoms. The second kappa shape index (κ2) is 8.75. The van der Waals surface area contributed by atoms with E-state index in [-0.39, 0.29) is 17.5 Å². The van der Waals surface area contributed by atoms with Gasteiger partial charge in [0.25, 0.3) is 0 Å². The monoisotopic (exact) mass is 381 g/mol. The van der Waals surface area contributed by atoms with Crippen molar-refractivity contribution in [1.82, 2.24) is 5.32 Å². The zero-order valence-corrected chi connectivity index (χ0v) is 16.7. The third-order valence-corrected chi connectivity index (χ3v) is 6.81. The molecule has 2 aromatic rings. The van der Waals surface area contributed by atoms with Crippen LogP contribution in [-0.2, 0) is 18.5 Å². The zero-order valence-electron chi connectivity index (χ0n) is 16.7. The Bertz CT molecular complexity index is 776. The Balaban J connectivity index is 1.43. The summed E-state index contributed by atoms with van der Waals surface area (Å²) in [5.41, 5.74) is 3.24. The number of aliphatic hydroxyl groups excluding tert-OH is 1. The first-order valence-corrected chi connectivity index (χ1v) is 10.9. The molecule has 2 saturated carbocycles. The Labute approximate surface area is 168 Å². The van der Waals surface area contributed by atoms with Gasteiger partial charge in [0.2, 0.25) is 0 Å². The van der Waals surface area contributed by atoms with E-state index in [9.17, 15) is 9.50 Å². The Morgan fingerprint density at radius 1 is 0.929 bits per heavy atom. The number of benzene rings is 2. The lowest BCUT2D eigenvalue weighted by molar-refractivity contribution is 0.109. The Hall–Kier alpha value is -1.71. The van der Waals surface area contributed by atoms with Gasteiger partial charge >= 0.3 is 0 Å². The van der Waals surface area contributed by atoms with Gasteiger partial charge in [0.1, 0.15) is 5.82 Å². The molecule has 0 atom stereocenters. The minimum absolute atomic E-state index is 0.0900. The summed E-state index contributed by atoms with van der Waals surface area (Å²) in [4.78, 5) is 0. The fourth-order valence-corrected chi connectivity index (χ4v) is 5.19. The average molecular weight is 382 g/mol. The molecule has 3 heteroatoms. The van der Waals surface area contributed by atoms with Crippen LogP contribution in [0.15, 0.2) is 48.5 Å². The Morgan fingerprint density at radius 2 is 1.64 bits per heavy atom. The van der Waals surface area contributed by atoms with Crippen LogP contribution in [0.3, 0.4) is 0 Å². The highest BCUT2D eigenvalue weighted by Gasteiger charge is 2.36. The highest BCUT2D eigenvalue weighted by Crippen LogP contribution is 2.40. The summed E-state index contributed by atoms with van der Waals surface area (Å²) in [7, 11) is 0. The molecule has 0 heterocycles. The van der Waals surface area contributed by atoms with Crippen molar-refractivity contribution >= 4 is 0 Å². The number of hydrogen-bond acceptors (Lipinski definition) is 2. The van der Waals surface area contributed by atoms with E-state index < -0.39 is 0 Å². The van der Waals surface area contributed by atoms with Crippen molar-refractivity contribution in [3.8, 4) is 0 Å². The molecular formula is C25H32FNO. The SMILES string of the molecule is OC1CCC(Cc2cccc(CNC3(c4ccccc4F)CCCC3)c2)CC1. The molecule has 2 nitrogen and oxygen atoms in total. The highest BCUT2D eigenvalue weighted by molar-refractivity contribution is 5.29. The van der Waals surface area contributed by atoms with E-state index in [0.29, 0.717) is 5.92 Å². The summed E-state index contributed by atoms with van der Waals surface area (Å²) in [5.74, 6) is 0.594. The van der Waals surface area contributed by atoms with Gasteiger partial charge in [0.05, 0.1) is 6.10 Å². The first-order valence-electron chi connectivity index (χ1n) is 10.9. The van der Waals surface area contributed by atoms with Crippen molar-refractivity contribution in [2.45, 2.75) is 76.0 Å². The minimum atomic E-state index is -0.235. The van der Waals surface area contributed by atoms with E-state index in [1.165, 1.54) is 11.1 Å². The first-order chi connectivity index (χ1) is 13.6. The maximum absolute atomic E-state index is 14.5. The highest BCUT2D eigenvalue weighted by atomic mass is 19.1. The van der Waals surface area contributed by atoms with Gasteiger partial charge in [-0.05, 0) is 68.1 Å². The molecule has 0 saturated heterocycles. The lowest BCUT2D eigenvalue weighted by Crippen LogP contribution is -2.40. The summed E-state index contributed by atoms with van der Waals surface area (Å²) < 4.78 is 14.5. The average Bonchev–Trinajstić information content (AvgIpc) is 3.19. The third-order valence-electron chi connectivity index (χ3n) is 6.81. The third kappa shape index (κ3) is 4.47. The molecule has 0 radical (unpaired) electrons. The van der Waals surface area contributed by atoms with Gasteiger partial charge in [-0.1, -0.05) is 55.3 Å². The summed E-state index contributed by atoms with van der Waals surface area (Å²) in [5, 5.41) is 13.4. The van der Waals surface area contributed by atoms with E-state index >= 15 is 0 Å². The van der Waals surface area contributed by atoms with E-state index in [0.717, 1.165) is 69.9 Å². The first kappa shape index (κ1) is 19.6. The molecule has 2 aliphatic rings. The molecule has 0 unspecified atom stereocenters. The van der Waals surface area contributed by atoms with Gasteiger partial charge in [0.15, 0.2) is 0 Å². The minimum Gasteiger partial charge on any atom is -0.393 e. The maximum atomic E-state index is 14.5. The van der Waals surface area contributed by atoms with Crippen LogP contribution in [0.1, 0.15) is 68.1 Å². The number of hydrogen-bond donors (Lipinski definition) is 2. The smallest absolute Gasteiger partial charge is 0.128 e. The summed E-state index contributed by atoms with van der Waals surface area (Å²) in [6, 6.07) is 16.1. The Morgan fingerprint density at radius 3 is 2.39 bits per heavy atom. The predicted octanol–water partition coefficient (Wildman–Crippen LogP) is 5.48. The number of nitrogens with one attached hydrogen (secondary N) is 1. The van der Waals surface area contributed by atoms with E-state index in [2.05, 4.69) is 29.6 Å². The normalized spacial score (nSPS) is 24.4. The molecule has 2 fully saturated rings. The molecule has 28 heavy (non-hydrogen) atoms. The van der Waals surface area contributed by atoms with Crippen LogP contribution in [0, 0.1) is 11.7 Å². The van der Waals surface area contributed by atoms with Crippen molar-refractivity contribution in [2.24, 2.45) is 5.92 Å². The Kier molecular flexibility index (Phi) is 6.13.